The van der Waals surface area contributed by atoms with Crippen molar-refractivity contribution in [3.8, 4) is 0 Å². The summed E-state index contributed by atoms with van der Waals surface area (Å²) in [6.45, 7) is 3.42. The maximum absolute atomic E-state index is 11.2. The first-order valence-electron chi connectivity index (χ1n) is 5.69. The van der Waals surface area contributed by atoms with Crippen molar-refractivity contribution in [2.45, 2.75) is 13.0 Å². The van der Waals surface area contributed by atoms with Crippen molar-refractivity contribution >= 4 is 6.03 Å². The summed E-state index contributed by atoms with van der Waals surface area (Å²) in [7, 11) is 3.45. The number of pyridine rings is 1. The van der Waals surface area contributed by atoms with Gasteiger partial charge < -0.3 is 15.5 Å². The lowest BCUT2D eigenvalue weighted by Crippen LogP contribution is -2.38. The van der Waals surface area contributed by atoms with E-state index in [1.54, 1.807) is 20.3 Å². The number of hydrogen-bond acceptors (Lipinski definition) is 3. The maximum atomic E-state index is 11.2. The van der Waals surface area contributed by atoms with Crippen LogP contribution in [0.1, 0.15) is 18.5 Å². The molecule has 0 aliphatic carbocycles. The summed E-state index contributed by atoms with van der Waals surface area (Å²) < 4.78 is 0. The van der Waals surface area contributed by atoms with E-state index in [4.69, 9.17) is 0 Å². The molecule has 1 unspecified atom stereocenters. The average molecular weight is 236 g/mol. The molecule has 5 heteroatoms. The van der Waals surface area contributed by atoms with Crippen LogP contribution in [0.2, 0.25) is 0 Å². The van der Waals surface area contributed by atoms with Gasteiger partial charge in [-0.15, -0.1) is 0 Å². The highest BCUT2D eigenvalue weighted by atomic mass is 16.2. The summed E-state index contributed by atoms with van der Waals surface area (Å²) in [5.74, 6) is 0. The summed E-state index contributed by atoms with van der Waals surface area (Å²) in [6.07, 6.45) is 3.60. The van der Waals surface area contributed by atoms with E-state index in [0.717, 1.165) is 12.1 Å². The molecular weight excluding hydrogens is 216 g/mol. The molecule has 0 saturated heterocycles. The molecular formula is C12H20N4O. The van der Waals surface area contributed by atoms with Gasteiger partial charge in [0.15, 0.2) is 0 Å². The van der Waals surface area contributed by atoms with Crippen molar-refractivity contribution in [1.82, 2.24) is 20.5 Å². The third-order valence-electron chi connectivity index (χ3n) is 2.44. The van der Waals surface area contributed by atoms with Crippen molar-refractivity contribution in [3.05, 3.63) is 30.1 Å². The van der Waals surface area contributed by atoms with Gasteiger partial charge in [-0.25, -0.2) is 4.79 Å². The van der Waals surface area contributed by atoms with Gasteiger partial charge in [0.1, 0.15) is 0 Å². The minimum atomic E-state index is -0.0687. The number of urea groups is 1. The zero-order valence-corrected chi connectivity index (χ0v) is 10.6. The van der Waals surface area contributed by atoms with Crippen LogP contribution < -0.4 is 10.6 Å². The van der Waals surface area contributed by atoms with Gasteiger partial charge in [-0.3, -0.25) is 4.98 Å². The predicted octanol–water partition coefficient (Wildman–Crippen LogP) is 1.00. The van der Waals surface area contributed by atoms with Gasteiger partial charge in [0.2, 0.25) is 0 Å². The van der Waals surface area contributed by atoms with Gasteiger partial charge in [-0.05, 0) is 18.6 Å². The van der Waals surface area contributed by atoms with E-state index >= 15 is 0 Å². The second kappa shape index (κ2) is 6.85. The second-order valence-electron chi connectivity index (χ2n) is 4.09. The Morgan fingerprint density at radius 1 is 1.47 bits per heavy atom. The largest absolute Gasteiger partial charge is 0.337 e. The molecule has 0 aliphatic rings. The standard InChI is InChI=1S/C12H20N4O/c1-10(11-5-4-6-13-9-11)14-7-8-15-12(17)16(2)3/h4-6,9-10,14H,7-8H2,1-3H3,(H,15,17). The lowest BCUT2D eigenvalue weighted by molar-refractivity contribution is 0.217. The SMILES string of the molecule is CC(NCCNC(=O)N(C)C)c1cccnc1. The molecule has 2 amide bonds. The van der Waals surface area contributed by atoms with E-state index in [1.165, 1.54) is 4.90 Å². The van der Waals surface area contributed by atoms with Crippen LogP contribution in [0.25, 0.3) is 0 Å². The molecule has 0 spiro atoms. The van der Waals surface area contributed by atoms with Crippen LogP contribution >= 0.6 is 0 Å². The summed E-state index contributed by atoms with van der Waals surface area (Å²) in [5, 5.41) is 6.12. The topological polar surface area (TPSA) is 57.3 Å². The molecule has 1 atom stereocenters. The minimum absolute atomic E-state index is 0.0687. The molecule has 17 heavy (non-hydrogen) atoms. The summed E-state index contributed by atoms with van der Waals surface area (Å²) >= 11 is 0. The molecule has 0 saturated carbocycles. The summed E-state index contributed by atoms with van der Waals surface area (Å²) in [5.41, 5.74) is 1.14. The van der Waals surface area contributed by atoms with Crippen molar-refractivity contribution < 1.29 is 4.79 Å². The number of nitrogens with zero attached hydrogens (tertiary/aromatic N) is 2. The van der Waals surface area contributed by atoms with Gasteiger partial charge in [-0.1, -0.05) is 6.07 Å². The average Bonchev–Trinajstić information content (AvgIpc) is 2.35. The second-order valence-corrected chi connectivity index (χ2v) is 4.09. The van der Waals surface area contributed by atoms with Crippen molar-refractivity contribution in [2.24, 2.45) is 0 Å². The first-order valence-corrected chi connectivity index (χ1v) is 5.69. The smallest absolute Gasteiger partial charge is 0.316 e. The number of amides is 2. The Bertz CT molecular complexity index is 340. The van der Waals surface area contributed by atoms with Gasteiger partial charge in [0, 0.05) is 45.6 Å². The van der Waals surface area contributed by atoms with Crippen LogP contribution in [0.3, 0.4) is 0 Å². The predicted molar refractivity (Wildman–Crippen MR) is 67.7 cm³/mol. The van der Waals surface area contributed by atoms with Gasteiger partial charge >= 0.3 is 6.03 Å². The van der Waals surface area contributed by atoms with Crippen molar-refractivity contribution in [3.63, 3.8) is 0 Å². The molecule has 1 heterocycles. The Hall–Kier alpha value is -1.62. The summed E-state index contributed by atoms with van der Waals surface area (Å²) in [6, 6.07) is 4.12. The van der Waals surface area contributed by atoms with E-state index in [9.17, 15) is 4.79 Å². The van der Waals surface area contributed by atoms with Crippen LogP contribution in [-0.2, 0) is 0 Å². The monoisotopic (exact) mass is 236 g/mol. The Morgan fingerprint density at radius 2 is 2.24 bits per heavy atom. The van der Waals surface area contributed by atoms with E-state index in [-0.39, 0.29) is 12.1 Å². The molecule has 0 radical (unpaired) electrons. The summed E-state index contributed by atoms with van der Waals surface area (Å²) in [4.78, 5) is 16.8. The number of nitrogens with one attached hydrogen (secondary N) is 2. The molecule has 1 aromatic heterocycles. The molecule has 1 aromatic rings. The lowest BCUT2D eigenvalue weighted by atomic mass is 10.1. The van der Waals surface area contributed by atoms with Crippen LogP contribution in [0.5, 0.6) is 0 Å². The number of hydrogen-bond donors (Lipinski definition) is 2. The number of carbonyl (C=O) groups excluding carboxylic acids is 1. The molecule has 0 fully saturated rings. The highest BCUT2D eigenvalue weighted by molar-refractivity contribution is 5.73. The first-order chi connectivity index (χ1) is 8.11. The van der Waals surface area contributed by atoms with E-state index in [0.29, 0.717) is 6.54 Å². The molecule has 94 valence electrons. The molecule has 1 rings (SSSR count). The van der Waals surface area contributed by atoms with E-state index in [2.05, 4.69) is 22.5 Å². The van der Waals surface area contributed by atoms with Crippen molar-refractivity contribution in [1.29, 1.82) is 0 Å². The number of carbonyl (C=O) groups is 1. The van der Waals surface area contributed by atoms with Gasteiger partial charge in [0.05, 0.1) is 0 Å². The fourth-order valence-corrected chi connectivity index (χ4v) is 1.37. The normalized spacial score (nSPS) is 11.9. The number of aromatic nitrogens is 1. The Balaban J connectivity index is 2.21. The Morgan fingerprint density at radius 3 is 2.82 bits per heavy atom. The van der Waals surface area contributed by atoms with Crippen LogP contribution in [-0.4, -0.2) is 43.1 Å². The molecule has 5 nitrogen and oxygen atoms in total. The molecule has 0 aromatic carbocycles. The minimum Gasteiger partial charge on any atom is -0.337 e. The Kier molecular flexibility index (Phi) is 5.42. The molecule has 0 bridgehead atoms. The fraction of sp³-hybridized carbons (Fsp3) is 0.500. The van der Waals surface area contributed by atoms with E-state index < -0.39 is 0 Å². The van der Waals surface area contributed by atoms with Gasteiger partial charge in [-0.2, -0.15) is 0 Å². The third-order valence-corrected chi connectivity index (χ3v) is 2.44. The third kappa shape index (κ3) is 4.82. The van der Waals surface area contributed by atoms with Crippen LogP contribution in [0.15, 0.2) is 24.5 Å². The van der Waals surface area contributed by atoms with Crippen LogP contribution in [0.4, 0.5) is 4.79 Å². The highest BCUT2D eigenvalue weighted by Crippen LogP contribution is 2.08. The highest BCUT2D eigenvalue weighted by Gasteiger charge is 2.05. The lowest BCUT2D eigenvalue weighted by Gasteiger charge is -2.15. The maximum Gasteiger partial charge on any atom is 0.316 e. The Labute approximate surface area is 102 Å². The van der Waals surface area contributed by atoms with Gasteiger partial charge in [0.25, 0.3) is 0 Å². The van der Waals surface area contributed by atoms with E-state index in [1.807, 2.05) is 18.3 Å². The van der Waals surface area contributed by atoms with Crippen molar-refractivity contribution in [2.75, 3.05) is 27.2 Å². The zero-order valence-electron chi connectivity index (χ0n) is 10.6. The zero-order chi connectivity index (χ0) is 12.7. The molecule has 2 N–H and O–H groups in total. The van der Waals surface area contributed by atoms with Crippen LogP contribution in [0, 0.1) is 0 Å². The quantitative estimate of drug-likeness (QED) is 0.750. The number of rotatable bonds is 5. The molecule has 0 aliphatic heterocycles. The first kappa shape index (κ1) is 13.4. The fourth-order valence-electron chi connectivity index (χ4n) is 1.37.